The summed E-state index contributed by atoms with van der Waals surface area (Å²) in [6.45, 7) is 0. The molecule has 58 valence electrons. The summed E-state index contributed by atoms with van der Waals surface area (Å²) in [5.41, 5.74) is 0. The molecule has 0 spiro atoms. The summed E-state index contributed by atoms with van der Waals surface area (Å²) < 4.78 is 0. The first kappa shape index (κ1) is 7.72. The standard InChI is InChI=1S/C8H11N3/c1-11(2)7-10-8-5-3-4-6-9-8/h3-7H,1-2H3. The van der Waals surface area contributed by atoms with Gasteiger partial charge in [0.2, 0.25) is 0 Å². The van der Waals surface area contributed by atoms with Gasteiger partial charge in [-0.2, -0.15) is 0 Å². The van der Waals surface area contributed by atoms with Gasteiger partial charge >= 0.3 is 0 Å². The highest BCUT2D eigenvalue weighted by molar-refractivity contribution is 5.58. The number of hydrogen-bond acceptors (Lipinski definition) is 2. The maximum atomic E-state index is 4.10. The largest absolute Gasteiger partial charge is 0.369 e. The molecule has 1 rings (SSSR count). The van der Waals surface area contributed by atoms with Gasteiger partial charge in [0.05, 0.1) is 6.34 Å². The Balaban J connectivity index is 2.65. The van der Waals surface area contributed by atoms with Crippen LogP contribution in [0.3, 0.4) is 0 Å². The SMILES string of the molecule is CN(C)C=Nc1ccccn1. The second kappa shape index (κ2) is 3.71. The van der Waals surface area contributed by atoms with Crippen LogP contribution in [0.15, 0.2) is 29.4 Å². The molecule has 0 saturated carbocycles. The molecule has 0 aliphatic carbocycles. The summed E-state index contributed by atoms with van der Waals surface area (Å²) in [5.74, 6) is 0.737. The van der Waals surface area contributed by atoms with Gasteiger partial charge in [-0.1, -0.05) is 6.07 Å². The van der Waals surface area contributed by atoms with Crippen molar-refractivity contribution in [2.45, 2.75) is 0 Å². The minimum atomic E-state index is 0.737. The van der Waals surface area contributed by atoms with Gasteiger partial charge in [-0.25, -0.2) is 9.98 Å². The van der Waals surface area contributed by atoms with E-state index < -0.39 is 0 Å². The lowest BCUT2D eigenvalue weighted by atomic mass is 10.5. The lowest BCUT2D eigenvalue weighted by Crippen LogP contribution is -2.07. The summed E-state index contributed by atoms with van der Waals surface area (Å²) in [6, 6.07) is 5.64. The molecular weight excluding hydrogens is 138 g/mol. The average molecular weight is 149 g/mol. The van der Waals surface area contributed by atoms with E-state index in [1.165, 1.54) is 0 Å². The van der Waals surface area contributed by atoms with Crippen LogP contribution in [0.5, 0.6) is 0 Å². The molecule has 0 N–H and O–H groups in total. The number of pyridine rings is 1. The first-order valence-corrected chi connectivity index (χ1v) is 3.40. The quantitative estimate of drug-likeness (QED) is 0.468. The van der Waals surface area contributed by atoms with Crippen LogP contribution >= 0.6 is 0 Å². The van der Waals surface area contributed by atoms with Crippen molar-refractivity contribution in [2.75, 3.05) is 14.1 Å². The highest BCUT2D eigenvalue weighted by Crippen LogP contribution is 2.02. The van der Waals surface area contributed by atoms with Crippen molar-refractivity contribution in [2.24, 2.45) is 4.99 Å². The molecule has 1 heterocycles. The van der Waals surface area contributed by atoms with Gasteiger partial charge in [0.25, 0.3) is 0 Å². The number of rotatable bonds is 2. The van der Waals surface area contributed by atoms with Crippen LogP contribution in [-0.2, 0) is 0 Å². The zero-order valence-corrected chi connectivity index (χ0v) is 6.73. The Labute approximate surface area is 66.4 Å². The van der Waals surface area contributed by atoms with E-state index in [0.717, 1.165) is 5.82 Å². The lowest BCUT2D eigenvalue weighted by molar-refractivity contribution is 0.643. The normalized spacial score (nSPS) is 10.4. The third-order valence-corrected chi connectivity index (χ3v) is 1.07. The first-order chi connectivity index (χ1) is 5.29. The number of aromatic nitrogens is 1. The highest BCUT2D eigenvalue weighted by Gasteiger charge is 1.83. The maximum Gasteiger partial charge on any atom is 0.153 e. The van der Waals surface area contributed by atoms with Crippen LogP contribution in [-0.4, -0.2) is 30.3 Å². The van der Waals surface area contributed by atoms with Crippen LogP contribution in [0.1, 0.15) is 0 Å². The molecule has 0 aliphatic rings. The average Bonchev–Trinajstić information content (AvgIpc) is 2.03. The van der Waals surface area contributed by atoms with Gasteiger partial charge in [-0.3, -0.25) is 0 Å². The minimum Gasteiger partial charge on any atom is -0.369 e. The number of nitrogens with zero attached hydrogens (tertiary/aromatic N) is 3. The van der Waals surface area contributed by atoms with Crippen molar-refractivity contribution >= 4 is 12.2 Å². The van der Waals surface area contributed by atoms with Gasteiger partial charge in [-0.15, -0.1) is 0 Å². The maximum absolute atomic E-state index is 4.10. The Kier molecular flexibility index (Phi) is 2.60. The first-order valence-electron chi connectivity index (χ1n) is 3.40. The summed E-state index contributed by atoms with van der Waals surface area (Å²) in [4.78, 5) is 9.99. The third-order valence-electron chi connectivity index (χ3n) is 1.07. The molecule has 0 aliphatic heterocycles. The van der Waals surface area contributed by atoms with Gasteiger partial charge in [0, 0.05) is 20.3 Å². The van der Waals surface area contributed by atoms with Crippen LogP contribution in [0.25, 0.3) is 0 Å². The van der Waals surface area contributed by atoms with E-state index in [2.05, 4.69) is 9.98 Å². The van der Waals surface area contributed by atoms with E-state index in [1.54, 1.807) is 12.5 Å². The number of hydrogen-bond donors (Lipinski definition) is 0. The molecule has 11 heavy (non-hydrogen) atoms. The molecule has 0 fully saturated rings. The summed E-state index contributed by atoms with van der Waals surface area (Å²) in [7, 11) is 3.85. The van der Waals surface area contributed by atoms with E-state index in [9.17, 15) is 0 Å². The van der Waals surface area contributed by atoms with Crippen LogP contribution in [0, 0.1) is 0 Å². The zero-order valence-electron chi connectivity index (χ0n) is 6.73. The van der Waals surface area contributed by atoms with Crippen molar-refractivity contribution in [3.05, 3.63) is 24.4 Å². The van der Waals surface area contributed by atoms with E-state index in [4.69, 9.17) is 0 Å². The lowest BCUT2D eigenvalue weighted by Gasteiger charge is -2.00. The predicted molar refractivity (Wildman–Crippen MR) is 46.1 cm³/mol. The molecule has 0 saturated heterocycles. The highest BCUT2D eigenvalue weighted by atomic mass is 15.1. The van der Waals surface area contributed by atoms with Gasteiger partial charge in [0.1, 0.15) is 0 Å². The van der Waals surface area contributed by atoms with Crippen molar-refractivity contribution in [1.82, 2.24) is 9.88 Å². The van der Waals surface area contributed by atoms with Crippen LogP contribution in [0.4, 0.5) is 5.82 Å². The van der Waals surface area contributed by atoms with Crippen LogP contribution < -0.4 is 0 Å². The Morgan fingerprint density at radius 1 is 1.45 bits per heavy atom. The zero-order chi connectivity index (χ0) is 8.10. The Hall–Kier alpha value is -1.38. The van der Waals surface area contributed by atoms with Crippen LogP contribution in [0.2, 0.25) is 0 Å². The molecule has 1 aromatic rings. The fraction of sp³-hybridized carbons (Fsp3) is 0.250. The molecule has 0 amide bonds. The molecule has 0 bridgehead atoms. The minimum absolute atomic E-state index is 0.737. The fourth-order valence-corrected chi connectivity index (χ4v) is 0.605. The van der Waals surface area contributed by atoms with Crippen molar-refractivity contribution in [1.29, 1.82) is 0 Å². The van der Waals surface area contributed by atoms with E-state index in [-0.39, 0.29) is 0 Å². The van der Waals surface area contributed by atoms with E-state index >= 15 is 0 Å². The Morgan fingerprint density at radius 2 is 2.27 bits per heavy atom. The van der Waals surface area contributed by atoms with E-state index in [1.807, 2.05) is 37.2 Å². The third kappa shape index (κ3) is 2.80. The molecule has 0 aromatic carbocycles. The second-order valence-electron chi connectivity index (χ2n) is 2.40. The Morgan fingerprint density at radius 3 is 2.82 bits per heavy atom. The molecule has 3 nitrogen and oxygen atoms in total. The number of aliphatic imine (C=N–C) groups is 1. The van der Waals surface area contributed by atoms with Crippen molar-refractivity contribution in [3.63, 3.8) is 0 Å². The molecule has 0 unspecified atom stereocenters. The molecular formula is C8H11N3. The molecule has 1 aromatic heterocycles. The van der Waals surface area contributed by atoms with Crippen molar-refractivity contribution < 1.29 is 0 Å². The van der Waals surface area contributed by atoms with Crippen molar-refractivity contribution in [3.8, 4) is 0 Å². The summed E-state index contributed by atoms with van der Waals surface area (Å²) in [5, 5.41) is 0. The smallest absolute Gasteiger partial charge is 0.153 e. The Bertz CT molecular complexity index is 228. The molecule has 0 atom stereocenters. The van der Waals surface area contributed by atoms with E-state index in [0.29, 0.717) is 0 Å². The van der Waals surface area contributed by atoms with Gasteiger partial charge < -0.3 is 4.90 Å². The second-order valence-corrected chi connectivity index (χ2v) is 2.40. The predicted octanol–water partition coefficient (Wildman–Crippen LogP) is 1.30. The summed E-state index contributed by atoms with van der Waals surface area (Å²) >= 11 is 0. The summed E-state index contributed by atoms with van der Waals surface area (Å²) in [6.07, 6.45) is 3.45. The molecule has 3 heteroatoms. The monoisotopic (exact) mass is 149 g/mol. The van der Waals surface area contributed by atoms with Gasteiger partial charge in [-0.05, 0) is 12.1 Å². The topological polar surface area (TPSA) is 28.5 Å². The molecule has 0 radical (unpaired) electrons. The fourth-order valence-electron chi connectivity index (χ4n) is 0.605. The van der Waals surface area contributed by atoms with Gasteiger partial charge in [0.15, 0.2) is 5.82 Å².